The van der Waals surface area contributed by atoms with E-state index in [2.05, 4.69) is 38.3 Å². The molecule has 0 bridgehead atoms. The Morgan fingerprint density at radius 1 is 0.760 bits per heavy atom. The normalized spacial score (nSPS) is 12.9. The van der Waals surface area contributed by atoms with Crippen molar-refractivity contribution >= 4 is 0 Å². The van der Waals surface area contributed by atoms with E-state index in [1.54, 1.807) is 0 Å². The van der Waals surface area contributed by atoms with E-state index in [4.69, 9.17) is 16.2 Å². The van der Waals surface area contributed by atoms with Crippen molar-refractivity contribution in [2.45, 2.75) is 66.2 Å². The molecule has 0 saturated carbocycles. The topological polar surface area (TPSA) is 85.3 Å². The molecule has 148 valence electrons. The average molecular weight is 355 g/mol. The summed E-state index contributed by atoms with van der Waals surface area (Å²) in [6.07, 6.45) is 11.1. The van der Waals surface area contributed by atoms with Crippen LogP contribution in [0.3, 0.4) is 0 Å². The SMILES string of the molecule is CC(C)CCCCN/C=C(\N)COC/C(N)=C/NCCCCC(C)C. The van der Waals surface area contributed by atoms with Gasteiger partial charge in [0.25, 0.3) is 0 Å². The van der Waals surface area contributed by atoms with Crippen molar-refractivity contribution < 1.29 is 4.74 Å². The molecular formula is C20H42N4O. The average Bonchev–Trinajstić information content (AvgIpc) is 2.53. The summed E-state index contributed by atoms with van der Waals surface area (Å²) >= 11 is 0. The van der Waals surface area contributed by atoms with Gasteiger partial charge in [0, 0.05) is 25.5 Å². The second kappa shape index (κ2) is 16.1. The molecule has 0 fully saturated rings. The molecule has 0 aromatic rings. The molecule has 0 aliphatic heterocycles. The van der Waals surface area contributed by atoms with Gasteiger partial charge in [0.15, 0.2) is 0 Å². The molecule has 0 aromatic carbocycles. The molecule has 0 spiro atoms. The van der Waals surface area contributed by atoms with Crippen LogP contribution >= 0.6 is 0 Å². The molecule has 6 N–H and O–H groups in total. The molecule has 0 saturated heterocycles. The molecule has 0 rings (SSSR count). The van der Waals surface area contributed by atoms with Crippen LogP contribution in [0.1, 0.15) is 66.2 Å². The van der Waals surface area contributed by atoms with Gasteiger partial charge >= 0.3 is 0 Å². The van der Waals surface area contributed by atoms with Crippen molar-refractivity contribution in [2.24, 2.45) is 23.3 Å². The number of unbranched alkanes of at least 4 members (excludes halogenated alkanes) is 2. The predicted molar refractivity (Wildman–Crippen MR) is 109 cm³/mol. The number of hydrogen-bond acceptors (Lipinski definition) is 5. The van der Waals surface area contributed by atoms with E-state index in [9.17, 15) is 0 Å². The minimum absolute atomic E-state index is 0.391. The first kappa shape index (κ1) is 23.6. The van der Waals surface area contributed by atoms with Gasteiger partial charge in [0.2, 0.25) is 0 Å². The van der Waals surface area contributed by atoms with Crippen LogP contribution in [0.25, 0.3) is 0 Å². The number of nitrogens with one attached hydrogen (secondary N) is 2. The Hall–Kier alpha value is -1.36. The van der Waals surface area contributed by atoms with Gasteiger partial charge in [-0.2, -0.15) is 0 Å². The second-order valence-corrected chi connectivity index (χ2v) is 7.62. The molecule has 25 heavy (non-hydrogen) atoms. The van der Waals surface area contributed by atoms with Crippen molar-refractivity contribution in [2.75, 3.05) is 26.3 Å². The van der Waals surface area contributed by atoms with Gasteiger partial charge in [-0.25, -0.2) is 0 Å². The molecule has 0 aromatic heterocycles. The summed E-state index contributed by atoms with van der Waals surface area (Å²) in [7, 11) is 0. The van der Waals surface area contributed by atoms with Crippen LogP contribution in [-0.2, 0) is 4.74 Å². The van der Waals surface area contributed by atoms with Crippen LogP contribution in [0.15, 0.2) is 23.8 Å². The zero-order valence-electron chi connectivity index (χ0n) is 16.9. The van der Waals surface area contributed by atoms with Crippen LogP contribution in [0.4, 0.5) is 0 Å². The third-order valence-electron chi connectivity index (χ3n) is 3.82. The lowest BCUT2D eigenvalue weighted by Crippen LogP contribution is -2.18. The summed E-state index contributed by atoms with van der Waals surface area (Å²) in [5, 5.41) is 6.47. The van der Waals surface area contributed by atoms with E-state index in [1.807, 2.05) is 12.4 Å². The summed E-state index contributed by atoms with van der Waals surface area (Å²) in [6, 6.07) is 0. The van der Waals surface area contributed by atoms with Gasteiger partial charge in [0.1, 0.15) is 0 Å². The first-order valence-corrected chi connectivity index (χ1v) is 9.85. The Balaban J connectivity index is 3.59. The van der Waals surface area contributed by atoms with E-state index in [0.717, 1.165) is 24.9 Å². The zero-order chi connectivity index (χ0) is 18.9. The smallest absolute Gasteiger partial charge is 0.0880 e. The molecule has 0 unspecified atom stereocenters. The number of nitrogens with two attached hydrogens (primary N) is 2. The molecule has 0 atom stereocenters. The van der Waals surface area contributed by atoms with E-state index < -0.39 is 0 Å². The summed E-state index contributed by atoms with van der Waals surface area (Å²) in [4.78, 5) is 0. The van der Waals surface area contributed by atoms with Gasteiger partial charge in [-0.1, -0.05) is 53.4 Å². The van der Waals surface area contributed by atoms with E-state index in [1.165, 1.54) is 38.5 Å². The third kappa shape index (κ3) is 18.8. The molecule has 5 heteroatoms. The van der Waals surface area contributed by atoms with Crippen LogP contribution < -0.4 is 22.1 Å². The molecule has 5 nitrogen and oxygen atoms in total. The second-order valence-electron chi connectivity index (χ2n) is 7.62. The van der Waals surface area contributed by atoms with E-state index in [-0.39, 0.29) is 0 Å². The minimum Gasteiger partial charge on any atom is -0.399 e. The Morgan fingerprint density at radius 3 is 1.52 bits per heavy atom. The monoisotopic (exact) mass is 354 g/mol. The van der Waals surface area contributed by atoms with Crippen molar-refractivity contribution in [1.82, 2.24) is 10.6 Å². The molecule has 0 aliphatic rings. The lowest BCUT2D eigenvalue weighted by molar-refractivity contribution is 0.177. The van der Waals surface area contributed by atoms with Crippen LogP contribution in [0, 0.1) is 11.8 Å². The summed E-state index contributed by atoms with van der Waals surface area (Å²) in [5.74, 6) is 1.56. The number of ether oxygens (including phenoxy) is 1. The van der Waals surface area contributed by atoms with E-state index in [0.29, 0.717) is 24.6 Å². The quantitative estimate of drug-likeness (QED) is 0.319. The molecule has 0 heterocycles. The largest absolute Gasteiger partial charge is 0.399 e. The van der Waals surface area contributed by atoms with Crippen LogP contribution in [0.5, 0.6) is 0 Å². The summed E-state index contributed by atoms with van der Waals surface area (Å²) in [6.45, 7) is 11.7. The van der Waals surface area contributed by atoms with Crippen molar-refractivity contribution in [3.05, 3.63) is 23.8 Å². The molecule has 0 aliphatic carbocycles. The zero-order valence-corrected chi connectivity index (χ0v) is 16.9. The van der Waals surface area contributed by atoms with Crippen LogP contribution in [-0.4, -0.2) is 26.3 Å². The van der Waals surface area contributed by atoms with Crippen LogP contribution in [0.2, 0.25) is 0 Å². The standard InChI is InChI=1S/C20H42N4O/c1-17(2)9-5-7-11-23-13-19(21)15-25-16-20(22)14-24-12-8-6-10-18(3)4/h13-14,17-18,23-24H,5-12,15-16,21-22H2,1-4H3/b19-13-,20-14-. The van der Waals surface area contributed by atoms with Crippen molar-refractivity contribution in [1.29, 1.82) is 0 Å². The van der Waals surface area contributed by atoms with Crippen molar-refractivity contribution in [3.63, 3.8) is 0 Å². The highest BCUT2D eigenvalue weighted by atomic mass is 16.5. The highest BCUT2D eigenvalue weighted by Gasteiger charge is 1.96. The lowest BCUT2D eigenvalue weighted by atomic mass is 10.1. The number of rotatable bonds is 16. The highest BCUT2D eigenvalue weighted by Crippen LogP contribution is 2.05. The van der Waals surface area contributed by atoms with Gasteiger partial charge < -0.3 is 26.8 Å². The first-order chi connectivity index (χ1) is 11.9. The maximum absolute atomic E-state index is 5.90. The first-order valence-electron chi connectivity index (χ1n) is 9.85. The Bertz CT molecular complexity index is 331. The van der Waals surface area contributed by atoms with Gasteiger partial charge in [-0.05, 0) is 24.7 Å². The lowest BCUT2D eigenvalue weighted by Gasteiger charge is -2.08. The van der Waals surface area contributed by atoms with Gasteiger partial charge in [-0.3, -0.25) is 0 Å². The Kier molecular flexibility index (Phi) is 15.2. The van der Waals surface area contributed by atoms with Gasteiger partial charge in [-0.15, -0.1) is 0 Å². The fraction of sp³-hybridized carbons (Fsp3) is 0.800. The van der Waals surface area contributed by atoms with Crippen molar-refractivity contribution in [3.8, 4) is 0 Å². The molecular weight excluding hydrogens is 312 g/mol. The summed E-state index contributed by atoms with van der Waals surface area (Å²) < 4.78 is 5.51. The maximum atomic E-state index is 5.90. The fourth-order valence-electron chi connectivity index (χ4n) is 2.34. The fourth-order valence-corrected chi connectivity index (χ4v) is 2.34. The number of hydrogen-bond donors (Lipinski definition) is 4. The Labute approximate surface area is 155 Å². The summed E-state index contributed by atoms with van der Waals surface area (Å²) in [5.41, 5.74) is 13.2. The third-order valence-corrected chi connectivity index (χ3v) is 3.82. The molecule has 0 amide bonds. The predicted octanol–water partition coefficient (Wildman–Crippen LogP) is 3.44. The van der Waals surface area contributed by atoms with E-state index >= 15 is 0 Å². The maximum Gasteiger partial charge on any atom is 0.0880 e. The Morgan fingerprint density at radius 2 is 1.16 bits per heavy atom. The minimum atomic E-state index is 0.391. The van der Waals surface area contributed by atoms with Gasteiger partial charge in [0.05, 0.1) is 24.6 Å². The molecule has 0 radical (unpaired) electrons. The highest BCUT2D eigenvalue weighted by molar-refractivity contribution is 4.98.